The van der Waals surface area contributed by atoms with E-state index in [-0.39, 0.29) is 11.3 Å². The van der Waals surface area contributed by atoms with Crippen molar-refractivity contribution in [3.05, 3.63) is 71.4 Å². The number of fused-ring (bicyclic) bond motifs is 3. The molecule has 0 bridgehead atoms. The van der Waals surface area contributed by atoms with Crippen LogP contribution in [0, 0.1) is 0 Å². The highest BCUT2D eigenvalue weighted by Crippen LogP contribution is 2.39. The van der Waals surface area contributed by atoms with Crippen LogP contribution in [-0.4, -0.2) is 35.4 Å². The molecule has 2 aliphatic heterocycles. The van der Waals surface area contributed by atoms with Crippen molar-refractivity contribution in [3.8, 4) is 0 Å². The number of aromatic nitrogens is 1. The molecule has 1 saturated heterocycles. The zero-order valence-corrected chi connectivity index (χ0v) is 16.2. The zero-order valence-electron chi connectivity index (χ0n) is 16.2. The first-order chi connectivity index (χ1) is 13.8. The van der Waals surface area contributed by atoms with Crippen LogP contribution in [0.5, 0.6) is 0 Å². The number of piperidine rings is 1. The van der Waals surface area contributed by atoms with E-state index in [0.29, 0.717) is 6.42 Å². The third-order valence-electron chi connectivity index (χ3n) is 6.72. The van der Waals surface area contributed by atoms with Crippen LogP contribution >= 0.6 is 0 Å². The second-order valence-corrected chi connectivity index (χ2v) is 8.28. The predicted octanol–water partition coefficient (Wildman–Crippen LogP) is 3.76. The number of carbonyl (C=O) groups excluding carboxylic acids is 1. The van der Waals surface area contributed by atoms with E-state index in [2.05, 4.69) is 57.7 Å². The molecule has 5 rings (SSSR count). The van der Waals surface area contributed by atoms with Gasteiger partial charge in [-0.1, -0.05) is 42.5 Å². The summed E-state index contributed by atoms with van der Waals surface area (Å²) in [6, 6.07) is 17.1. The van der Waals surface area contributed by atoms with Gasteiger partial charge in [0.05, 0.1) is 0 Å². The molecule has 0 unspecified atom stereocenters. The van der Waals surface area contributed by atoms with Gasteiger partial charge in [-0.05, 0) is 42.0 Å². The fraction of sp³-hybridized carbons (Fsp3) is 0.375. The lowest BCUT2D eigenvalue weighted by Crippen LogP contribution is -2.51. The van der Waals surface area contributed by atoms with Crippen molar-refractivity contribution < 1.29 is 4.79 Å². The van der Waals surface area contributed by atoms with Crippen LogP contribution in [-0.2, 0) is 23.2 Å². The minimum Gasteiger partial charge on any atom is -0.361 e. The van der Waals surface area contributed by atoms with Crippen molar-refractivity contribution in [2.45, 2.75) is 37.6 Å². The monoisotopic (exact) mass is 373 g/mol. The van der Waals surface area contributed by atoms with E-state index in [4.69, 9.17) is 0 Å². The van der Waals surface area contributed by atoms with E-state index in [9.17, 15) is 4.79 Å². The number of benzene rings is 2. The first-order valence-electron chi connectivity index (χ1n) is 10.4. The molecule has 2 N–H and O–H groups in total. The maximum absolute atomic E-state index is 12.8. The van der Waals surface area contributed by atoms with Crippen LogP contribution in [0.3, 0.4) is 0 Å². The van der Waals surface area contributed by atoms with Gasteiger partial charge in [0.25, 0.3) is 0 Å². The minimum atomic E-state index is 0.197. The molecule has 3 heterocycles. The van der Waals surface area contributed by atoms with E-state index in [1.165, 1.54) is 22.1 Å². The van der Waals surface area contributed by atoms with Crippen molar-refractivity contribution >= 4 is 16.8 Å². The molecule has 3 aromatic rings. The summed E-state index contributed by atoms with van der Waals surface area (Å²) in [5.41, 5.74) is 5.51. The number of aromatic amines is 1. The Labute approximate surface area is 165 Å². The van der Waals surface area contributed by atoms with Crippen LogP contribution in [0.2, 0.25) is 0 Å². The van der Waals surface area contributed by atoms with Crippen LogP contribution in [0.25, 0.3) is 10.9 Å². The molecular weight excluding hydrogens is 346 g/mol. The van der Waals surface area contributed by atoms with Crippen molar-refractivity contribution in [2.24, 2.45) is 0 Å². The number of hydrogen-bond donors (Lipinski definition) is 2. The van der Waals surface area contributed by atoms with Gasteiger partial charge >= 0.3 is 0 Å². The summed E-state index contributed by atoms with van der Waals surface area (Å²) in [6.07, 6.45) is 5.54. The Morgan fingerprint density at radius 3 is 2.71 bits per heavy atom. The molecule has 1 amide bonds. The van der Waals surface area contributed by atoms with Gasteiger partial charge in [0.1, 0.15) is 0 Å². The number of para-hydroxylation sites is 1. The number of nitrogens with one attached hydrogen (secondary N) is 2. The third kappa shape index (κ3) is 3.02. The number of H-pyrrole nitrogens is 1. The first-order valence-corrected chi connectivity index (χ1v) is 10.4. The summed E-state index contributed by atoms with van der Waals surface area (Å²) in [7, 11) is 0. The van der Waals surface area contributed by atoms with Crippen LogP contribution < -0.4 is 5.32 Å². The van der Waals surface area contributed by atoms with E-state index in [0.717, 1.165) is 51.0 Å². The maximum Gasteiger partial charge on any atom is 0.222 e. The van der Waals surface area contributed by atoms with E-state index < -0.39 is 0 Å². The smallest absolute Gasteiger partial charge is 0.222 e. The molecule has 0 saturated carbocycles. The highest BCUT2D eigenvalue weighted by atomic mass is 16.2. The second kappa shape index (κ2) is 7.10. The van der Waals surface area contributed by atoms with E-state index in [1.54, 1.807) is 0 Å². The predicted molar refractivity (Wildman–Crippen MR) is 112 cm³/mol. The number of likely N-dealkylation sites (tertiary alicyclic amines) is 1. The summed E-state index contributed by atoms with van der Waals surface area (Å²) in [5, 5.41) is 4.83. The molecular formula is C24H27N3O. The molecule has 1 aromatic heterocycles. The van der Waals surface area contributed by atoms with Gasteiger partial charge in [0.2, 0.25) is 5.91 Å². The van der Waals surface area contributed by atoms with Crippen LogP contribution in [0.4, 0.5) is 0 Å². The number of amides is 1. The molecule has 4 heteroatoms. The Bertz CT molecular complexity index is 998. The number of nitrogens with zero attached hydrogens (tertiary/aromatic N) is 1. The molecule has 0 aliphatic carbocycles. The SMILES string of the molecule is O=C(CCc1c[nH]c2ccccc12)N1CCC2(CC1)CNCc1ccccc12. The number of carbonyl (C=O) groups is 1. The Morgan fingerprint density at radius 2 is 1.82 bits per heavy atom. The Hall–Kier alpha value is -2.59. The van der Waals surface area contributed by atoms with Crippen molar-refractivity contribution in [3.63, 3.8) is 0 Å². The van der Waals surface area contributed by atoms with Gasteiger partial charge in [-0.15, -0.1) is 0 Å². The van der Waals surface area contributed by atoms with E-state index >= 15 is 0 Å². The highest BCUT2D eigenvalue weighted by Gasteiger charge is 2.40. The van der Waals surface area contributed by atoms with Gasteiger partial charge in [-0.25, -0.2) is 0 Å². The molecule has 4 nitrogen and oxygen atoms in total. The van der Waals surface area contributed by atoms with Gasteiger partial charge in [-0.2, -0.15) is 0 Å². The standard InChI is InChI=1S/C24H27N3O/c28-23(10-9-18-16-26-22-8-4-2-6-20(18)22)27-13-11-24(12-14-27)17-25-15-19-5-1-3-7-21(19)24/h1-8,16,25-26H,9-15,17H2. The zero-order chi connectivity index (χ0) is 19.0. The number of hydrogen-bond acceptors (Lipinski definition) is 2. The normalized spacial score (nSPS) is 18.4. The lowest BCUT2D eigenvalue weighted by molar-refractivity contribution is -0.132. The third-order valence-corrected chi connectivity index (χ3v) is 6.72. The summed E-state index contributed by atoms with van der Waals surface area (Å²) in [4.78, 5) is 18.2. The van der Waals surface area contributed by atoms with Crippen LogP contribution in [0.1, 0.15) is 36.0 Å². The minimum absolute atomic E-state index is 0.197. The largest absolute Gasteiger partial charge is 0.361 e. The fourth-order valence-electron chi connectivity index (χ4n) is 5.09. The number of aryl methyl sites for hydroxylation is 1. The molecule has 1 fully saturated rings. The van der Waals surface area contributed by atoms with Gasteiger partial charge in [0.15, 0.2) is 0 Å². The lowest BCUT2D eigenvalue weighted by atomic mass is 9.69. The molecule has 2 aromatic carbocycles. The highest BCUT2D eigenvalue weighted by molar-refractivity contribution is 5.84. The molecule has 144 valence electrons. The Kier molecular flexibility index (Phi) is 4.44. The Morgan fingerprint density at radius 1 is 1.04 bits per heavy atom. The van der Waals surface area contributed by atoms with Gasteiger partial charge in [-0.3, -0.25) is 4.79 Å². The first kappa shape index (κ1) is 17.5. The van der Waals surface area contributed by atoms with Gasteiger partial charge in [0, 0.05) is 55.1 Å². The molecule has 1 spiro atoms. The second-order valence-electron chi connectivity index (χ2n) is 8.28. The fourth-order valence-corrected chi connectivity index (χ4v) is 5.09. The quantitative estimate of drug-likeness (QED) is 0.734. The van der Waals surface area contributed by atoms with Gasteiger partial charge < -0.3 is 15.2 Å². The number of rotatable bonds is 3. The average molecular weight is 374 g/mol. The summed E-state index contributed by atoms with van der Waals surface area (Å²) in [6.45, 7) is 3.72. The topological polar surface area (TPSA) is 48.1 Å². The van der Waals surface area contributed by atoms with Crippen molar-refractivity contribution in [1.82, 2.24) is 15.2 Å². The maximum atomic E-state index is 12.8. The Balaban J connectivity index is 1.23. The molecule has 28 heavy (non-hydrogen) atoms. The molecule has 0 radical (unpaired) electrons. The van der Waals surface area contributed by atoms with Crippen LogP contribution in [0.15, 0.2) is 54.7 Å². The van der Waals surface area contributed by atoms with E-state index in [1.807, 2.05) is 12.3 Å². The van der Waals surface area contributed by atoms with Crippen molar-refractivity contribution in [1.29, 1.82) is 0 Å². The summed E-state index contributed by atoms with van der Waals surface area (Å²) < 4.78 is 0. The summed E-state index contributed by atoms with van der Waals surface area (Å²) in [5.74, 6) is 0.289. The summed E-state index contributed by atoms with van der Waals surface area (Å²) >= 11 is 0. The average Bonchev–Trinajstić information content (AvgIpc) is 3.16. The molecule has 2 aliphatic rings. The lowest BCUT2D eigenvalue weighted by Gasteiger charge is -2.45. The molecule has 0 atom stereocenters. The van der Waals surface area contributed by atoms with Crippen molar-refractivity contribution in [2.75, 3.05) is 19.6 Å².